The minimum Gasteiger partial charge on any atom is -0.372 e. The minimum atomic E-state index is -0.733. The maximum atomic E-state index is 13.3. The quantitative estimate of drug-likeness (QED) is 0.688. The van der Waals surface area contributed by atoms with Crippen LogP contribution >= 0.6 is 11.6 Å². The molecule has 0 fully saturated rings. The summed E-state index contributed by atoms with van der Waals surface area (Å²) in [5.41, 5.74) is 0.414. The van der Waals surface area contributed by atoms with Crippen LogP contribution < -0.4 is 5.32 Å². The molecule has 0 radical (unpaired) electrons. The minimum absolute atomic E-state index is 0.0287. The molecule has 19 heavy (non-hydrogen) atoms. The van der Waals surface area contributed by atoms with E-state index in [-0.39, 0.29) is 22.9 Å². The van der Waals surface area contributed by atoms with Gasteiger partial charge in [-0.2, -0.15) is 0 Å². The molecule has 0 aliphatic carbocycles. The SMILES string of the molecule is Cc1cc(CNc2cc(F)c(Cl)cc2[N+](=O)[O-])on1. The van der Waals surface area contributed by atoms with E-state index < -0.39 is 10.7 Å². The van der Waals surface area contributed by atoms with Crippen molar-refractivity contribution in [2.24, 2.45) is 0 Å². The van der Waals surface area contributed by atoms with Crippen LogP contribution in [0.2, 0.25) is 5.02 Å². The van der Waals surface area contributed by atoms with Gasteiger partial charge in [0, 0.05) is 18.2 Å². The Morgan fingerprint density at radius 1 is 1.53 bits per heavy atom. The summed E-state index contributed by atoms with van der Waals surface area (Å²) in [4.78, 5) is 10.2. The highest BCUT2D eigenvalue weighted by atomic mass is 35.5. The Morgan fingerprint density at radius 3 is 2.84 bits per heavy atom. The van der Waals surface area contributed by atoms with Crippen molar-refractivity contribution in [1.29, 1.82) is 0 Å². The summed E-state index contributed by atoms with van der Waals surface area (Å²) >= 11 is 5.51. The second kappa shape index (κ2) is 5.23. The molecule has 2 aromatic rings. The van der Waals surface area contributed by atoms with Gasteiger partial charge in [0.05, 0.1) is 22.2 Å². The fraction of sp³-hybridized carbons (Fsp3) is 0.182. The maximum Gasteiger partial charge on any atom is 0.294 e. The molecule has 0 bridgehead atoms. The summed E-state index contributed by atoms with van der Waals surface area (Å²) < 4.78 is 18.3. The Hall–Kier alpha value is -2.15. The van der Waals surface area contributed by atoms with Gasteiger partial charge in [-0.25, -0.2) is 4.39 Å². The zero-order chi connectivity index (χ0) is 14.0. The summed E-state index contributed by atoms with van der Waals surface area (Å²) in [6, 6.07) is 3.61. The summed E-state index contributed by atoms with van der Waals surface area (Å²) in [6.45, 7) is 1.90. The Labute approximate surface area is 112 Å². The molecule has 100 valence electrons. The van der Waals surface area contributed by atoms with Crippen LogP contribution in [0.15, 0.2) is 22.7 Å². The van der Waals surface area contributed by atoms with Gasteiger partial charge in [0.15, 0.2) is 5.76 Å². The Kier molecular flexibility index (Phi) is 3.66. The summed E-state index contributed by atoms with van der Waals surface area (Å²) in [5, 5.41) is 16.9. The molecule has 1 aromatic heterocycles. The number of anilines is 1. The van der Waals surface area contributed by atoms with Crippen LogP contribution in [-0.2, 0) is 6.54 Å². The van der Waals surface area contributed by atoms with Crippen molar-refractivity contribution in [3.63, 3.8) is 0 Å². The van der Waals surface area contributed by atoms with Crippen molar-refractivity contribution < 1.29 is 13.8 Å². The number of nitro benzene ring substituents is 1. The van der Waals surface area contributed by atoms with Crippen molar-refractivity contribution >= 4 is 23.0 Å². The predicted octanol–water partition coefficient (Wildman–Crippen LogP) is 3.30. The van der Waals surface area contributed by atoms with Crippen molar-refractivity contribution in [2.75, 3.05) is 5.32 Å². The van der Waals surface area contributed by atoms with Crippen LogP contribution in [0.3, 0.4) is 0 Å². The molecule has 1 heterocycles. The Bertz CT molecular complexity index is 630. The average molecular weight is 286 g/mol. The van der Waals surface area contributed by atoms with Crippen LogP contribution in [0.25, 0.3) is 0 Å². The van der Waals surface area contributed by atoms with Crippen molar-refractivity contribution in [3.8, 4) is 0 Å². The van der Waals surface area contributed by atoms with Gasteiger partial charge in [0.25, 0.3) is 5.69 Å². The largest absolute Gasteiger partial charge is 0.372 e. The monoisotopic (exact) mass is 285 g/mol. The number of aryl methyl sites for hydroxylation is 1. The lowest BCUT2D eigenvalue weighted by atomic mass is 10.2. The van der Waals surface area contributed by atoms with Crippen molar-refractivity contribution in [2.45, 2.75) is 13.5 Å². The van der Waals surface area contributed by atoms with E-state index in [1.54, 1.807) is 13.0 Å². The number of halogens is 2. The number of nitro groups is 1. The normalized spacial score (nSPS) is 10.5. The van der Waals surface area contributed by atoms with E-state index in [0.717, 1.165) is 12.1 Å². The first kappa shape index (κ1) is 13.3. The van der Waals surface area contributed by atoms with Gasteiger partial charge in [0.2, 0.25) is 0 Å². The van der Waals surface area contributed by atoms with Crippen LogP contribution in [0.5, 0.6) is 0 Å². The third-order valence-electron chi connectivity index (χ3n) is 2.37. The topological polar surface area (TPSA) is 81.2 Å². The lowest BCUT2D eigenvalue weighted by Crippen LogP contribution is -2.03. The van der Waals surface area contributed by atoms with Crippen molar-refractivity contribution in [1.82, 2.24) is 5.16 Å². The molecule has 0 aliphatic rings. The van der Waals surface area contributed by atoms with E-state index in [9.17, 15) is 14.5 Å². The highest BCUT2D eigenvalue weighted by Gasteiger charge is 2.18. The van der Waals surface area contributed by atoms with Gasteiger partial charge in [-0.15, -0.1) is 0 Å². The molecule has 0 unspecified atom stereocenters. The first-order valence-corrected chi connectivity index (χ1v) is 5.64. The average Bonchev–Trinajstić information content (AvgIpc) is 2.76. The second-order valence-corrected chi connectivity index (χ2v) is 4.24. The first-order chi connectivity index (χ1) is 8.97. The number of nitrogens with zero attached hydrogens (tertiary/aromatic N) is 2. The molecule has 0 saturated heterocycles. The maximum absolute atomic E-state index is 13.3. The van der Waals surface area contributed by atoms with Crippen LogP contribution in [-0.4, -0.2) is 10.1 Å². The molecule has 0 atom stereocenters. The lowest BCUT2D eigenvalue weighted by Gasteiger charge is -2.06. The van der Waals surface area contributed by atoms with Gasteiger partial charge in [0.1, 0.15) is 11.5 Å². The summed E-state index contributed by atoms with van der Waals surface area (Å²) in [5.74, 6) is -0.245. The highest BCUT2D eigenvalue weighted by molar-refractivity contribution is 6.31. The van der Waals surface area contributed by atoms with E-state index in [4.69, 9.17) is 16.1 Å². The third kappa shape index (κ3) is 3.00. The van der Waals surface area contributed by atoms with E-state index in [1.807, 2.05) is 0 Å². The number of rotatable bonds is 4. The fourth-order valence-electron chi connectivity index (χ4n) is 1.51. The standard InChI is InChI=1S/C11H9ClFN3O3/c1-6-2-7(19-15-6)5-14-10-4-9(13)8(12)3-11(10)16(17)18/h2-4,14H,5H2,1H3. The number of benzene rings is 1. The van der Waals surface area contributed by atoms with E-state index >= 15 is 0 Å². The predicted molar refractivity (Wildman–Crippen MR) is 66.6 cm³/mol. The molecule has 2 rings (SSSR count). The van der Waals surface area contributed by atoms with E-state index in [1.165, 1.54) is 0 Å². The molecule has 1 N–H and O–H groups in total. The van der Waals surface area contributed by atoms with Gasteiger partial charge >= 0.3 is 0 Å². The molecule has 0 amide bonds. The third-order valence-corrected chi connectivity index (χ3v) is 2.65. The van der Waals surface area contributed by atoms with Gasteiger partial charge in [-0.1, -0.05) is 16.8 Å². The summed E-state index contributed by atoms with van der Waals surface area (Å²) in [7, 11) is 0. The smallest absolute Gasteiger partial charge is 0.294 e. The first-order valence-electron chi connectivity index (χ1n) is 5.27. The van der Waals surface area contributed by atoms with E-state index in [2.05, 4.69) is 10.5 Å². The van der Waals surface area contributed by atoms with Crippen LogP contribution in [0.4, 0.5) is 15.8 Å². The molecule has 0 aliphatic heterocycles. The molecule has 0 saturated carbocycles. The second-order valence-electron chi connectivity index (χ2n) is 3.83. The Morgan fingerprint density at radius 2 is 2.26 bits per heavy atom. The molecular formula is C11H9ClFN3O3. The molecule has 1 aromatic carbocycles. The fourth-order valence-corrected chi connectivity index (χ4v) is 1.67. The lowest BCUT2D eigenvalue weighted by molar-refractivity contribution is -0.384. The zero-order valence-electron chi connectivity index (χ0n) is 9.81. The van der Waals surface area contributed by atoms with Crippen LogP contribution in [0.1, 0.15) is 11.5 Å². The van der Waals surface area contributed by atoms with E-state index in [0.29, 0.717) is 11.5 Å². The molecule has 6 nitrogen and oxygen atoms in total. The van der Waals surface area contributed by atoms with Crippen LogP contribution in [0, 0.1) is 22.9 Å². The van der Waals surface area contributed by atoms with Gasteiger partial charge < -0.3 is 9.84 Å². The van der Waals surface area contributed by atoms with Crippen molar-refractivity contribution in [3.05, 3.63) is 50.6 Å². The highest BCUT2D eigenvalue weighted by Crippen LogP contribution is 2.30. The Balaban J connectivity index is 2.23. The van der Waals surface area contributed by atoms with Gasteiger partial charge in [-0.3, -0.25) is 10.1 Å². The summed E-state index contributed by atoms with van der Waals surface area (Å²) in [6.07, 6.45) is 0. The molecule has 8 heteroatoms. The molecular weight excluding hydrogens is 277 g/mol. The van der Waals surface area contributed by atoms with Gasteiger partial charge in [-0.05, 0) is 6.92 Å². The zero-order valence-corrected chi connectivity index (χ0v) is 10.6. The number of hydrogen-bond acceptors (Lipinski definition) is 5. The number of aromatic nitrogens is 1. The number of nitrogens with one attached hydrogen (secondary N) is 1. The number of hydrogen-bond donors (Lipinski definition) is 1. The molecule has 0 spiro atoms.